The second-order valence-corrected chi connectivity index (χ2v) is 5.39. The van der Waals surface area contributed by atoms with Crippen LogP contribution >= 0.6 is 0 Å². The van der Waals surface area contributed by atoms with Gasteiger partial charge in [0.1, 0.15) is 5.75 Å². The molecule has 1 atom stereocenters. The molecule has 0 radical (unpaired) electrons. The Morgan fingerprint density at radius 2 is 2.05 bits per heavy atom. The SMILES string of the molecule is CCCOc1ccc(NCC(O)COCC2CC2)cc1. The average molecular weight is 279 g/mol. The fourth-order valence-electron chi connectivity index (χ4n) is 1.84. The molecule has 20 heavy (non-hydrogen) atoms. The minimum atomic E-state index is -0.468. The van der Waals surface area contributed by atoms with Gasteiger partial charge in [-0.25, -0.2) is 0 Å². The molecule has 0 aliphatic heterocycles. The Balaban J connectivity index is 1.61. The number of hydrogen-bond acceptors (Lipinski definition) is 4. The van der Waals surface area contributed by atoms with Gasteiger partial charge in [0.05, 0.1) is 19.3 Å². The van der Waals surface area contributed by atoms with Crippen molar-refractivity contribution in [3.63, 3.8) is 0 Å². The summed E-state index contributed by atoms with van der Waals surface area (Å²) < 4.78 is 11.0. The van der Waals surface area contributed by atoms with E-state index in [4.69, 9.17) is 9.47 Å². The van der Waals surface area contributed by atoms with Gasteiger partial charge in [0.2, 0.25) is 0 Å². The fourth-order valence-corrected chi connectivity index (χ4v) is 1.84. The first-order chi connectivity index (χ1) is 9.78. The Hall–Kier alpha value is -1.26. The lowest BCUT2D eigenvalue weighted by Gasteiger charge is -2.13. The number of rotatable bonds is 10. The maximum atomic E-state index is 9.80. The van der Waals surface area contributed by atoms with Crippen LogP contribution in [0.2, 0.25) is 0 Å². The molecule has 112 valence electrons. The third-order valence-electron chi connectivity index (χ3n) is 3.23. The lowest BCUT2D eigenvalue weighted by molar-refractivity contribution is 0.0386. The summed E-state index contributed by atoms with van der Waals surface area (Å²) >= 11 is 0. The van der Waals surface area contributed by atoms with Crippen molar-refractivity contribution in [1.82, 2.24) is 0 Å². The molecule has 1 saturated carbocycles. The van der Waals surface area contributed by atoms with E-state index in [0.717, 1.165) is 37.0 Å². The lowest BCUT2D eigenvalue weighted by Crippen LogP contribution is -2.25. The van der Waals surface area contributed by atoms with Crippen LogP contribution in [-0.2, 0) is 4.74 Å². The highest BCUT2D eigenvalue weighted by molar-refractivity contribution is 5.46. The van der Waals surface area contributed by atoms with Gasteiger partial charge >= 0.3 is 0 Å². The van der Waals surface area contributed by atoms with E-state index in [9.17, 15) is 5.11 Å². The van der Waals surface area contributed by atoms with Crippen LogP contribution in [0.4, 0.5) is 5.69 Å². The van der Waals surface area contributed by atoms with E-state index < -0.39 is 6.10 Å². The van der Waals surface area contributed by atoms with Gasteiger partial charge in [-0.05, 0) is 49.4 Å². The van der Waals surface area contributed by atoms with Gasteiger partial charge in [0.25, 0.3) is 0 Å². The summed E-state index contributed by atoms with van der Waals surface area (Å²) in [5.41, 5.74) is 0.982. The van der Waals surface area contributed by atoms with Crippen molar-refractivity contribution in [3.8, 4) is 5.75 Å². The van der Waals surface area contributed by atoms with E-state index in [1.807, 2.05) is 24.3 Å². The Labute approximate surface area is 121 Å². The average Bonchev–Trinajstić information content (AvgIpc) is 3.28. The van der Waals surface area contributed by atoms with E-state index in [1.165, 1.54) is 12.8 Å². The third-order valence-corrected chi connectivity index (χ3v) is 3.23. The maximum absolute atomic E-state index is 9.80. The zero-order chi connectivity index (χ0) is 14.2. The summed E-state index contributed by atoms with van der Waals surface area (Å²) in [7, 11) is 0. The van der Waals surface area contributed by atoms with Crippen molar-refractivity contribution < 1.29 is 14.6 Å². The first kappa shape index (κ1) is 15.1. The van der Waals surface area contributed by atoms with E-state index >= 15 is 0 Å². The normalized spacial score (nSPS) is 15.9. The summed E-state index contributed by atoms with van der Waals surface area (Å²) in [6, 6.07) is 7.80. The van der Waals surface area contributed by atoms with E-state index in [1.54, 1.807) is 0 Å². The number of benzene rings is 1. The number of aliphatic hydroxyl groups excluding tert-OH is 1. The lowest BCUT2D eigenvalue weighted by atomic mass is 10.3. The predicted octanol–water partition coefficient (Wildman–Crippen LogP) is 2.67. The molecule has 1 aliphatic carbocycles. The van der Waals surface area contributed by atoms with Crippen molar-refractivity contribution in [1.29, 1.82) is 0 Å². The molecule has 4 nitrogen and oxygen atoms in total. The zero-order valence-corrected chi connectivity index (χ0v) is 12.2. The van der Waals surface area contributed by atoms with Crippen LogP contribution in [0, 0.1) is 5.92 Å². The molecule has 1 fully saturated rings. The molecule has 1 aromatic rings. The second-order valence-electron chi connectivity index (χ2n) is 5.39. The van der Waals surface area contributed by atoms with Crippen LogP contribution in [0.1, 0.15) is 26.2 Å². The number of aliphatic hydroxyl groups is 1. The van der Waals surface area contributed by atoms with E-state index in [2.05, 4.69) is 12.2 Å². The summed E-state index contributed by atoms with van der Waals surface area (Å²) in [5, 5.41) is 13.0. The van der Waals surface area contributed by atoms with E-state index in [0.29, 0.717) is 13.2 Å². The topological polar surface area (TPSA) is 50.7 Å². The number of nitrogens with one attached hydrogen (secondary N) is 1. The molecule has 1 unspecified atom stereocenters. The van der Waals surface area contributed by atoms with Crippen LogP contribution in [0.25, 0.3) is 0 Å². The molecule has 2 rings (SSSR count). The van der Waals surface area contributed by atoms with Crippen LogP contribution in [-0.4, -0.2) is 37.6 Å². The van der Waals surface area contributed by atoms with E-state index in [-0.39, 0.29) is 0 Å². The van der Waals surface area contributed by atoms with Crippen molar-refractivity contribution in [2.45, 2.75) is 32.3 Å². The summed E-state index contributed by atoms with van der Waals surface area (Å²) in [6.45, 7) is 4.52. The molecular weight excluding hydrogens is 254 g/mol. The smallest absolute Gasteiger partial charge is 0.119 e. The van der Waals surface area contributed by atoms with Crippen molar-refractivity contribution in [2.75, 3.05) is 31.7 Å². The predicted molar refractivity (Wildman–Crippen MR) is 80.3 cm³/mol. The van der Waals surface area contributed by atoms with Crippen LogP contribution in [0.5, 0.6) is 5.75 Å². The molecular formula is C16H25NO3. The molecule has 0 aromatic heterocycles. The fraction of sp³-hybridized carbons (Fsp3) is 0.625. The molecule has 2 N–H and O–H groups in total. The highest BCUT2D eigenvalue weighted by Gasteiger charge is 2.21. The minimum Gasteiger partial charge on any atom is -0.494 e. The quantitative estimate of drug-likeness (QED) is 0.691. The molecule has 4 heteroatoms. The Morgan fingerprint density at radius 3 is 2.70 bits per heavy atom. The third kappa shape index (κ3) is 5.80. The van der Waals surface area contributed by atoms with Crippen molar-refractivity contribution in [3.05, 3.63) is 24.3 Å². The van der Waals surface area contributed by atoms with Crippen molar-refractivity contribution >= 4 is 5.69 Å². The largest absolute Gasteiger partial charge is 0.494 e. The molecule has 0 spiro atoms. The van der Waals surface area contributed by atoms with Gasteiger partial charge < -0.3 is 19.9 Å². The first-order valence-electron chi connectivity index (χ1n) is 7.50. The number of anilines is 1. The highest BCUT2D eigenvalue weighted by atomic mass is 16.5. The van der Waals surface area contributed by atoms with Gasteiger partial charge in [0.15, 0.2) is 0 Å². The highest BCUT2D eigenvalue weighted by Crippen LogP contribution is 2.28. The summed E-state index contributed by atoms with van der Waals surface area (Å²) in [4.78, 5) is 0. The standard InChI is InChI=1S/C16H25NO3/c1-2-9-20-16-7-5-14(6-8-16)17-10-15(18)12-19-11-13-3-4-13/h5-8,13,15,17-18H,2-4,9-12H2,1H3. The van der Waals surface area contributed by atoms with Gasteiger partial charge in [-0.15, -0.1) is 0 Å². The number of ether oxygens (including phenoxy) is 2. The first-order valence-corrected chi connectivity index (χ1v) is 7.50. The molecule has 0 saturated heterocycles. The Morgan fingerprint density at radius 1 is 1.30 bits per heavy atom. The van der Waals surface area contributed by atoms with Gasteiger partial charge in [-0.3, -0.25) is 0 Å². The molecule has 1 aromatic carbocycles. The monoisotopic (exact) mass is 279 g/mol. The summed E-state index contributed by atoms with van der Waals surface area (Å²) in [5.74, 6) is 1.62. The minimum absolute atomic E-state index is 0.404. The van der Waals surface area contributed by atoms with Gasteiger partial charge in [-0.2, -0.15) is 0 Å². The Kier molecular flexibility index (Phi) is 6.15. The summed E-state index contributed by atoms with van der Waals surface area (Å²) in [6.07, 6.45) is 3.10. The van der Waals surface area contributed by atoms with Crippen LogP contribution < -0.4 is 10.1 Å². The van der Waals surface area contributed by atoms with Crippen molar-refractivity contribution in [2.24, 2.45) is 5.92 Å². The maximum Gasteiger partial charge on any atom is 0.119 e. The Bertz CT molecular complexity index is 376. The molecule has 0 heterocycles. The number of hydrogen-bond donors (Lipinski definition) is 2. The van der Waals surface area contributed by atoms with Gasteiger partial charge in [0, 0.05) is 18.8 Å². The second kappa shape index (κ2) is 8.12. The van der Waals surface area contributed by atoms with Gasteiger partial charge in [-0.1, -0.05) is 6.92 Å². The molecule has 0 bridgehead atoms. The molecule has 0 amide bonds. The van der Waals surface area contributed by atoms with Crippen LogP contribution in [0.15, 0.2) is 24.3 Å². The zero-order valence-electron chi connectivity index (χ0n) is 12.2. The van der Waals surface area contributed by atoms with Crippen LogP contribution in [0.3, 0.4) is 0 Å². The molecule has 1 aliphatic rings.